The molecular formula is C13H23N3O2. The lowest BCUT2D eigenvalue weighted by atomic mass is 10.0. The average Bonchev–Trinajstić information content (AvgIpc) is 2.94. The summed E-state index contributed by atoms with van der Waals surface area (Å²) in [5.41, 5.74) is 5.95. The highest BCUT2D eigenvalue weighted by Crippen LogP contribution is 2.25. The first kappa shape index (κ1) is 13.3. The smallest absolute Gasteiger partial charge is 0.227 e. The molecule has 1 aliphatic carbocycles. The molecule has 1 heterocycles. The minimum atomic E-state index is -0.00993. The molecular weight excluding hydrogens is 230 g/mol. The first-order chi connectivity index (χ1) is 8.59. The Balaban J connectivity index is 1.78. The number of rotatable bonds is 4. The summed E-state index contributed by atoms with van der Waals surface area (Å²) in [6.45, 7) is 2.11. The van der Waals surface area contributed by atoms with Crippen LogP contribution in [0.3, 0.4) is 0 Å². The number of hydrogen-bond donors (Lipinski definition) is 1. The van der Waals surface area contributed by atoms with Crippen molar-refractivity contribution in [2.24, 2.45) is 11.7 Å². The van der Waals surface area contributed by atoms with Gasteiger partial charge in [-0.3, -0.25) is 9.59 Å². The fraction of sp³-hybridized carbons (Fsp3) is 0.846. The fourth-order valence-corrected chi connectivity index (χ4v) is 2.90. The second kappa shape index (κ2) is 5.69. The quantitative estimate of drug-likeness (QED) is 0.778. The molecule has 1 aliphatic heterocycles. The fourth-order valence-electron chi connectivity index (χ4n) is 2.90. The molecule has 0 aromatic carbocycles. The largest absolute Gasteiger partial charge is 0.344 e. The van der Waals surface area contributed by atoms with Gasteiger partial charge in [0.2, 0.25) is 11.8 Å². The lowest BCUT2D eigenvalue weighted by molar-refractivity contribution is -0.136. The van der Waals surface area contributed by atoms with Crippen molar-refractivity contribution >= 4 is 11.8 Å². The van der Waals surface area contributed by atoms with Crippen molar-refractivity contribution in [1.29, 1.82) is 0 Å². The van der Waals surface area contributed by atoms with E-state index in [0.717, 1.165) is 32.2 Å². The van der Waals surface area contributed by atoms with Crippen LogP contribution < -0.4 is 5.73 Å². The van der Waals surface area contributed by atoms with Crippen LogP contribution in [-0.4, -0.2) is 54.3 Å². The first-order valence-corrected chi connectivity index (χ1v) is 6.88. The Morgan fingerprint density at radius 1 is 1.44 bits per heavy atom. The van der Waals surface area contributed by atoms with Crippen LogP contribution in [0.25, 0.3) is 0 Å². The highest BCUT2D eigenvalue weighted by molar-refractivity contribution is 5.80. The van der Waals surface area contributed by atoms with Gasteiger partial charge in [0.1, 0.15) is 0 Å². The van der Waals surface area contributed by atoms with Gasteiger partial charge < -0.3 is 15.5 Å². The standard InChI is InChI=1S/C13H23N3O2/c1-15(8-9-16-7-3-6-12(16)17)13(18)10-4-2-5-11(10)14/h10-11H,2-9,14H2,1H3/t10-,11-/m0/s1. The van der Waals surface area contributed by atoms with Crippen LogP contribution in [0, 0.1) is 5.92 Å². The van der Waals surface area contributed by atoms with Crippen LogP contribution >= 0.6 is 0 Å². The van der Waals surface area contributed by atoms with Crippen molar-refractivity contribution < 1.29 is 9.59 Å². The van der Waals surface area contributed by atoms with Crippen molar-refractivity contribution in [3.05, 3.63) is 0 Å². The second-order valence-corrected chi connectivity index (χ2v) is 5.45. The molecule has 2 rings (SSSR count). The lowest BCUT2D eigenvalue weighted by Crippen LogP contribution is -2.43. The van der Waals surface area contributed by atoms with Gasteiger partial charge in [0.05, 0.1) is 5.92 Å². The van der Waals surface area contributed by atoms with Gasteiger partial charge in [-0.1, -0.05) is 6.42 Å². The zero-order valence-electron chi connectivity index (χ0n) is 11.1. The number of nitrogens with two attached hydrogens (primary N) is 1. The second-order valence-electron chi connectivity index (χ2n) is 5.45. The Hall–Kier alpha value is -1.10. The number of likely N-dealkylation sites (tertiary alicyclic amines) is 1. The summed E-state index contributed by atoms with van der Waals surface area (Å²) >= 11 is 0. The Labute approximate surface area is 108 Å². The number of likely N-dealkylation sites (N-methyl/N-ethyl adjacent to an activating group) is 1. The molecule has 0 unspecified atom stereocenters. The maximum absolute atomic E-state index is 12.2. The van der Waals surface area contributed by atoms with Gasteiger partial charge in [-0.25, -0.2) is 0 Å². The van der Waals surface area contributed by atoms with E-state index in [9.17, 15) is 9.59 Å². The van der Waals surface area contributed by atoms with E-state index in [1.807, 2.05) is 11.9 Å². The van der Waals surface area contributed by atoms with E-state index in [0.29, 0.717) is 19.5 Å². The molecule has 2 fully saturated rings. The zero-order valence-corrected chi connectivity index (χ0v) is 11.1. The predicted molar refractivity (Wildman–Crippen MR) is 68.8 cm³/mol. The van der Waals surface area contributed by atoms with Gasteiger partial charge in [0.15, 0.2) is 0 Å². The molecule has 18 heavy (non-hydrogen) atoms. The summed E-state index contributed by atoms with van der Waals surface area (Å²) in [5.74, 6) is 0.351. The summed E-state index contributed by atoms with van der Waals surface area (Å²) in [4.78, 5) is 27.2. The van der Waals surface area contributed by atoms with E-state index in [2.05, 4.69) is 0 Å². The van der Waals surface area contributed by atoms with Crippen LogP contribution in [-0.2, 0) is 9.59 Å². The van der Waals surface area contributed by atoms with E-state index in [1.54, 1.807) is 4.90 Å². The molecule has 2 N–H and O–H groups in total. The van der Waals surface area contributed by atoms with Crippen molar-refractivity contribution in [3.8, 4) is 0 Å². The van der Waals surface area contributed by atoms with E-state index >= 15 is 0 Å². The van der Waals surface area contributed by atoms with Gasteiger partial charge in [-0.05, 0) is 19.3 Å². The molecule has 5 heteroatoms. The number of nitrogens with zero attached hydrogens (tertiary/aromatic N) is 2. The summed E-state index contributed by atoms with van der Waals surface area (Å²) in [6.07, 6.45) is 4.52. The van der Waals surface area contributed by atoms with Gasteiger partial charge in [-0.2, -0.15) is 0 Å². The molecule has 2 atom stereocenters. The third-order valence-corrected chi connectivity index (χ3v) is 4.14. The SMILES string of the molecule is CN(CCN1CCCC1=O)C(=O)[C@H]1CCC[C@@H]1N. The molecule has 2 amide bonds. The predicted octanol–water partition coefficient (Wildman–Crippen LogP) is 0.195. The number of carbonyl (C=O) groups is 2. The van der Waals surface area contributed by atoms with Gasteiger partial charge in [0, 0.05) is 39.1 Å². The third-order valence-electron chi connectivity index (χ3n) is 4.14. The average molecular weight is 253 g/mol. The minimum Gasteiger partial charge on any atom is -0.344 e. The van der Waals surface area contributed by atoms with E-state index in [-0.39, 0.29) is 23.8 Å². The van der Waals surface area contributed by atoms with Gasteiger partial charge in [-0.15, -0.1) is 0 Å². The first-order valence-electron chi connectivity index (χ1n) is 6.88. The van der Waals surface area contributed by atoms with Gasteiger partial charge >= 0.3 is 0 Å². The molecule has 0 spiro atoms. The molecule has 102 valence electrons. The van der Waals surface area contributed by atoms with Crippen molar-refractivity contribution in [1.82, 2.24) is 9.80 Å². The summed E-state index contributed by atoms with van der Waals surface area (Å²) in [5, 5.41) is 0. The minimum absolute atomic E-state index is 0.00993. The maximum atomic E-state index is 12.2. The monoisotopic (exact) mass is 253 g/mol. The summed E-state index contributed by atoms with van der Waals surface area (Å²) < 4.78 is 0. The Morgan fingerprint density at radius 2 is 2.22 bits per heavy atom. The number of carbonyl (C=O) groups excluding carboxylic acids is 2. The van der Waals surface area contributed by atoms with Crippen LogP contribution in [0.5, 0.6) is 0 Å². The molecule has 0 bridgehead atoms. The molecule has 1 saturated heterocycles. The summed E-state index contributed by atoms with van der Waals surface area (Å²) in [7, 11) is 1.81. The van der Waals surface area contributed by atoms with Crippen LogP contribution in [0.15, 0.2) is 0 Å². The van der Waals surface area contributed by atoms with E-state index in [1.165, 1.54) is 0 Å². The molecule has 0 radical (unpaired) electrons. The summed E-state index contributed by atoms with van der Waals surface area (Å²) in [6, 6.07) is 0.0216. The van der Waals surface area contributed by atoms with Crippen molar-refractivity contribution in [2.75, 3.05) is 26.7 Å². The molecule has 2 aliphatic rings. The molecule has 0 aromatic rings. The highest BCUT2D eigenvalue weighted by Gasteiger charge is 2.32. The van der Waals surface area contributed by atoms with Crippen LogP contribution in [0.2, 0.25) is 0 Å². The molecule has 1 saturated carbocycles. The van der Waals surface area contributed by atoms with E-state index in [4.69, 9.17) is 5.73 Å². The van der Waals surface area contributed by atoms with Crippen molar-refractivity contribution in [3.63, 3.8) is 0 Å². The van der Waals surface area contributed by atoms with Gasteiger partial charge in [0.25, 0.3) is 0 Å². The van der Waals surface area contributed by atoms with Crippen molar-refractivity contribution in [2.45, 2.75) is 38.1 Å². The molecule has 0 aromatic heterocycles. The topological polar surface area (TPSA) is 66.6 Å². The van der Waals surface area contributed by atoms with Crippen LogP contribution in [0.4, 0.5) is 0 Å². The van der Waals surface area contributed by atoms with Crippen LogP contribution in [0.1, 0.15) is 32.1 Å². The third kappa shape index (κ3) is 2.83. The Morgan fingerprint density at radius 3 is 2.78 bits per heavy atom. The lowest BCUT2D eigenvalue weighted by Gasteiger charge is -2.25. The van der Waals surface area contributed by atoms with E-state index < -0.39 is 0 Å². The Kier molecular flexibility index (Phi) is 4.22. The number of hydrogen-bond acceptors (Lipinski definition) is 3. The zero-order chi connectivity index (χ0) is 13.1. The number of amides is 2. The molecule has 5 nitrogen and oxygen atoms in total. The maximum Gasteiger partial charge on any atom is 0.227 e. The Bertz CT molecular complexity index is 332. The highest BCUT2D eigenvalue weighted by atomic mass is 16.2. The normalized spacial score (nSPS) is 27.9.